The van der Waals surface area contributed by atoms with Gasteiger partial charge in [0.05, 0.1) is 6.10 Å². The van der Waals surface area contributed by atoms with Crippen molar-refractivity contribution in [3.8, 4) is 0 Å². The van der Waals surface area contributed by atoms with Gasteiger partial charge in [-0.1, -0.05) is 27.2 Å². The molecule has 0 aromatic heterocycles. The zero-order valence-electron chi connectivity index (χ0n) is 17.3. The van der Waals surface area contributed by atoms with Crippen molar-refractivity contribution in [1.29, 1.82) is 0 Å². The fourth-order valence-corrected chi connectivity index (χ4v) is 7.54. The Bertz CT molecular complexity index is 540. The number of amides is 1. The highest BCUT2D eigenvalue weighted by molar-refractivity contribution is 5.64. The Morgan fingerprint density at radius 3 is 2.30 bits per heavy atom. The van der Waals surface area contributed by atoms with Gasteiger partial charge in [-0.25, -0.2) is 4.79 Å². The molecule has 3 aliphatic rings. The van der Waals surface area contributed by atoms with E-state index >= 15 is 0 Å². The topological polar surface area (TPSA) is 89.8 Å². The van der Waals surface area contributed by atoms with E-state index in [9.17, 15) is 20.1 Å². The van der Waals surface area contributed by atoms with E-state index in [0.717, 1.165) is 25.2 Å². The quantitative estimate of drug-likeness (QED) is 0.582. The van der Waals surface area contributed by atoms with Gasteiger partial charge in [-0.05, 0) is 85.4 Å². The molecule has 0 aliphatic heterocycles. The molecule has 0 heterocycles. The number of hydrogen-bond acceptors (Lipinski definition) is 3. The number of aliphatic hydroxyl groups is 2. The third-order valence-corrected chi connectivity index (χ3v) is 9.19. The van der Waals surface area contributed by atoms with Gasteiger partial charge in [0.1, 0.15) is 0 Å². The Balaban J connectivity index is 1.90. The van der Waals surface area contributed by atoms with E-state index in [1.807, 2.05) is 0 Å². The van der Waals surface area contributed by atoms with Crippen LogP contribution in [-0.2, 0) is 0 Å². The monoisotopic (exact) mass is 381 g/mol. The van der Waals surface area contributed by atoms with E-state index < -0.39 is 6.09 Å². The van der Waals surface area contributed by atoms with Crippen molar-refractivity contribution in [3.63, 3.8) is 0 Å². The normalized spacial score (nSPS) is 47.4. The minimum Gasteiger partial charge on any atom is -0.465 e. The van der Waals surface area contributed by atoms with Gasteiger partial charge in [-0.15, -0.1) is 0 Å². The molecular weight excluding hydrogens is 342 g/mol. The molecule has 0 aromatic carbocycles. The molecule has 3 rings (SSSR count). The summed E-state index contributed by atoms with van der Waals surface area (Å²) in [4.78, 5) is 11.3. The fraction of sp³-hybridized carbons (Fsp3) is 0.955. The van der Waals surface area contributed by atoms with Crippen LogP contribution in [-0.4, -0.2) is 40.7 Å². The molecule has 156 valence electrons. The molecule has 1 amide bonds. The second kappa shape index (κ2) is 7.90. The number of fused-ring (bicyclic) bond motifs is 1. The molecule has 5 nitrogen and oxygen atoms in total. The largest absolute Gasteiger partial charge is 0.465 e. The van der Waals surface area contributed by atoms with E-state index in [4.69, 9.17) is 0 Å². The zero-order chi connectivity index (χ0) is 19.8. The molecule has 3 saturated carbocycles. The summed E-state index contributed by atoms with van der Waals surface area (Å²) in [5, 5.41) is 32.2. The number of nitrogens with one attached hydrogen (secondary N) is 1. The SMILES string of the molecule is CC[C@H]1CC[C@H]2[C@H](CNC(=O)O)[C@@H]([C@@]3(C)CC[C@H](O)C[C@@H]3CO)CC[C@]12C. The van der Waals surface area contributed by atoms with Crippen LogP contribution < -0.4 is 5.32 Å². The van der Waals surface area contributed by atoms with Crippen LogP contribution in [0.25, 0.3) is 0 Å². The van der Waals surface area contributed by atoms with Crippen LogP contribution in [0.15, 0.2) is 0 Å². The predicted octanol–water partition coefficient (Wildman–Crippen LogP) is 3.88. The minimum atomic E-state index is -0.936. The van der Waals surface area contributed by atoms with E-state index in [2.05, 4.69) is 26.1 Å². The van der Waals surface area contributed by atoms with E-state index in [1.165, 1.54) is 25.7 Å². The molecular formula is C22H39NO4. The van der Waals surface area contributed by atoms with E-state index in [1.54, 1.807) is 0 Å². The predicted molar refractivity (Wildman–Crippen MR) is 105 cm³/mol. The van der Waals surface area contributed by atoms with Crippen LogP contribution in [0.5, 0.6) is 0 Å². The van der Waals surface area contributed by atoms with Crippen molar-refractivity contribution in [2.24, 2.45) is 40.4 Å². The number of carboxylic acid groups (broad SMARTS) is 1. The van der Waals surface area contributed by atoms with Crippen LogP contribution in [0.1, 0.15) is 72.1 Å². The molecule has 4 N–H and O–H groups in total. The molecule has 0 bridgehead atoms. The minimum absolute atomic E-state index is 0.0234. The Hall–Kier alpha value is -0.810. The molecule has 0 saturated heterocycles. The van der Waals surface area contributed by atoms with Gasteiger partial charge >= 0.3 is 6.09 Å². The summed E-state index contributed by atoms with van der Waals surface area (Å²) in [5.74, 6) is 2.13. The second-order valence-electron chi connectivity index (χ2n) is 10.1. The Morgan fingerprint density at radius 2 is 1.67 bits per heavy atom. The Morgan fingerprint density at radius 1 is 1.04 bits per heavy atom. The van der Waals surface area contributed by atoms with Crippen LogP contribution in [0.2, 0.25) is 0 Å². The summed E-state index contributed by atoms with van der Waals surface area (Å²) >= 11 is 0. The van der Waals surface area contributed by atoms with E-state index in [-0.39, 0.29) is 24.0 Å². The van der Waals surface area contributed by atoms with Crippen LogP contribution in [0, 0.1) is 40.4 Å². The second-order valence-corrected chi connectivity index (χ2v) is 10.1. The first-order valence-corrected chi connectivity index (χ1v) is 11.0. The lowest BCUT2D eigenvalue weighted by Crippen LogP contribution is -2.54. The number of aliphatic hydroxyl groups excluding tert-OH is 2. The van der Waals surface area contributed by atoms with Gasteiger partial charge in [0.2, 0.25) is 0 Å². The molecule has 8 atom stereocenters. The molecule has 27 heavy (non-hydrogen) atoms. The van der Waals surface area contributed by atoms with Gasteiger partial charge in [0.15, 0.2) is 0 Å². The van der Waals surface area contributed by atoms with Crippen molar-refractivity contribution in [2.45, 2.75) is 78.2 Å². The number of carbonyl (C=O) groups is 1. The average Bonchev–Trinajstić information content (AvgIpc) is 2.97. The Labute approximate surface area is 163 Å². The van der Waals surface area contributed by atoms with Gasteiger partial charge in [-0.2, -0.15) is 0 Å². The summed E-state index contributed by atoms with van der Waals surface area (Å²) in [5.41, 5.74) is 0.291. The first-order valence-electron chi connectivity index (χ1n) is 11.0. The van der Waals surface area contributed by atoms with Crippen molar-refractivity contribution < 1.29 is 20.1 Å². The molecule has 0 unspecified atom stereocenters. The fourth-order valence-electron chi connectivity index (χ4n) is 7.54. The molecule has 5 heteroatoms. The smallest absolute Gasteiger partial charge is 0.404 e. The lowest BCUT2D eigenvalue weighted by Gasteiger charge is -2.57. The van der Waals surface area contributed by atoms with E-state index in [0.29, 0.717) is 36.1 Å². The maximum atomic E-state index is 11.3. The standard InChI is InChI=1S/C22H39NO4/c1-4-14-5-6-18-17(12-23-20(26)27)19(8-10-21(14,18)2)22(3)9-7-16(25)11-15(22)13-24/h14-19,23-25H,4-13H2,1-3H3,(H,26,27)/t14-,15+,16-,17-,18-,19-,21+,22-/m0/s1. The first-order chi connectivity index (χ1) is 12.8. The number of hydrogen-bond donors (Lipinski definition) is 4. The first kappa shape index (κ1) is 20.9. The summed E-state index contributed by atoms with van der Waals surface area (Å²) in [6.45, 7) is 7.67. The molecule has 3 fully saturated rings. The molecule has 0 aromatic rings. The lowest BCUT2D eigenvalue weighted by atomic mass is 9.48. The van der Waals surface area contributed by atoms with Gasteiger partial charge < -0.3 is 20.6 Å². The summed E-state index contributed by atoms with van der Waals surface area (Å²) in [6, 6.07) is 0. The molecule has 0 spiro atoms. The van der Waals surface area contributed by atoms with Crippen molar-refractivity contribution in [1.82, 2.24) is 5.32 Å². The third kappa shape index (κ3) is 3.62. The van der Waals surface area contributed by atoms with Gasteiger partial charge in [0.25, 0.3) is 0 Å². The zero-order valence-corrected chi connectivity index (χ0v) is 17.3. The molecule has 0 radical (unpaired) electrons. The average molecular weight is 382 g/mol. The highest BCUT2D eigenvalue weighted by Gasteiger charge is 2.57. The van der Waals surface area contributed by atoms with Crippen molar-refractivity contribution in [3.05, 3.63) is 0 Å². The lowest BCUT2D eigenvalue weighted by molar-refractivity contribution is -0.103. The highest BCUT2D eigenvalue weighted by atomic mass is 16.4. The van der Waals surface area contributed by atoms with Gasteiger partial charge in [0, 0.05) is 13.2 Å². The maximum absolute atomic E-state index is 11.3. The van der Waals surface area contributed by atoms with Gasteiger partial charge in [-0.3, -0.25) is 0 Å². The van der Waals surface area contributed by atoms with Crippen LogP contribution >= 0.6 is 0 Å². The van der Waals surface area contributed by atoms with Crippen LogP contribution in [0.4, 0.5) is 4.79 Å². The highest BCUT2D eigenvalue weighted by Crippen LogP contribution is 2.64. The number of rotatable bonds is 5. The molecule has 3 aliphatic carbocycles. The maximum Gasteiger partial charge on any atom is 0.404 e. The van der Waals surface area contributed by atoms with Crippen LogP contribution in [0.3, 0.4) is 0 Å². The summed E-state index contributed by atoms with van der Waals surface area (Å²) in [7, 11) is 0. The Kier molecular flexibility index (Phi) is 6.12. The summed E-state index contributed by atoms with van der Waals surface area (Å²) < 4.78 is 0. The van der Waals surface area contributed by atoms with Crippen molar-refractivity contribution >= 4 is 6.09 Å². The third-order valence-electron chi connectivity index (χ3n) is 9.19. The van der Waals surface area contributed by atoms with Crippen molar-refractivity contribution in [2.75, 3.05) is 13.2 Å². The summed E-state index contributed by atoms with van der Waals surface area (Å²) in [6.07, 6.45) is 7.12.